The van der Waals surface area contributed by atoms with E-state index in [1.54, 1.807) is 12.2 Å². The largest absolute Gasteiger partial charge is 0.481 e. The predicted octanol–water partition coefficient (Wildman–Crippen LogP) is 2.65. The van der Waals surface area contributed by atoms with Crippen LogP contribution in [0.3, 0.4) is 0 Å². The number of hydrogen-bond donors (Lipinski definition) is 2. The van der Waals surface area contributed by atoms with Crippen molar-refractivity contribution in [3.8, 4) is 0 Å². The summed E-state index contributed by atoms with van der Waals surface area (Å²) in [6.45, 7) is 1.17. The molecule has 2 rings (SSSR count). The molecule has 0 saturated carbocycles. The molecule has 30 heavy (non-hydrogen) atoms. The highest BCUT2D eigenvalue weighted by atomic mass is 16.4. The summed E-state index contributed by atoms with van der Waals surface area (Å²) in [5.41, 5.74) is 0.203. The highest BCUT2D eigenvalue weighted by Gasteiger charge is 2.38. The van der Waals surface area contributed by atoms with Crippen molar-refractivity contribution >= 4 is 11.9 Å². The first kappa shape index (κ1) is 23.7. The number of rotatable bonds is 10. The molecule has 0 fully saturated rings. The second-order valence-electron chi connectivity index (χ2n) is 8.85. The van der Waals surface area contributed by atoms with E-state index in [1.165, 1.54) is 0 Å². The lowest BCUT2D eigenvalue weighted by Gasteiger charge is -2.33. The highest BCUT2D eigenvalue weighted by Crippen LogP contribution is 2.36. The number of hydrogen-bond acceptors (Lipinski definition) is 5. The maximum absolute atomic E-state index is 12.0. The maximum atomic E-state index is 12.0. The van der Waals surface area contributed by atoms with Crippen molar-refractivity contribution in [2.45, 2.75) is 25.7 Å². The summed E-state index contributed by atoms with van der Waals surface area (Å²) in [4.78, 5) is 29.9. The summed E-state index contributed by atoms with van der Waals surface area (Å²) >= 11 is 0. The van der Waals surface area contributed by atoms with Crippen LogP contribution in [0, 0.1) is 10.8 Å². The zero-order valence-corrected chi connectivity index (χ0v) is 18.8. The summed E-state index contributed by atoms with van der Waals surface area (Å²) in [6.07, 6.45) is 13.2. The van der Waals surface area contributed by atoms with Crippen molar-refractivity contribution in [3.63, 3.8) is 0 Å². The van der Waals surface area contributed by atoms with Crippen molar-refractivity contribution in [3.05, 3.63) is 47.9 Å². The van der Waals surface area contributed by atoms with Crippen LogP contribution in [-0.4, -0.2) is 85.2 Å². The van der Waals surface area contributed by atoms with Gasteiger partial charge < -0.3 is 24.9 Å². The smallest absolute Gasteiger partial charge is 0.313 e. The fourth-order valence-electron chi connectivity index (χ4n) is 3.79. The summed E-state index contributed by atoms with van der Waals surface area (Å²) < 4.78 is 0. The number of aliphatic carboxylic acids is 2. The Morgan fingerprint density at radius 3 is 1.40 bits per heavy atom. The second-order valence-corrected chi connectivity index (χ2v) is 8.85. The Morgan fingerprint density at radius 1 is 0.800 bits per heavy atom. The second kappa shape index (κ2) is 9.51. The fourth-order valence-corrected chi connectivity index (χ4v) is 3.79. The number of carboxylic acids is 2. The van der Waals surface area contributed by atoms with Crippen LogP contribution in [0.2, 0.25) is 0 Å². The van der Waals surface area contributed by atoms with E-state index in [4.69, 9.17) is 0 Å². The minimum absolute atomic E-state index is 0.458. The van der Waals surface area contributed by atoms with Gasteiger partial charge in [-0.1, -0.05) is 24.3 Å². The standard InChI is InChI=1S/C23H35N3O4/c1-24(2)18-6-10-22(11-7-18,20(27)28)14-16-26(5)17-15-23(21(29)30)12-8-19(9-13-23)25(3)4/h6-10,12H,11,13-17H2,1-5H3,(H,27,28)(H,29,30). The van der Waals surface area contributed by atoms with Gasteiger partial charge in [0.15, 0.2) is 0 Å². The number of carboxylic acid groups (broad SMARTS) is 2. The van der Waals surface area contributed by atoms with Gasteiger partial charge in [-0.3, -0.25) is 9.59 Å². The van der Waals surface area contributed by atoms with Crippen LogP contribution >= 0.6 is 0 Å². The van der Waals surface area contributed by atoms with Crippen LogP contribution in [0.1, 0.15) is 25.7 Å². The molecule has 7 heteroatoms. The third-order valence-electron chi connectivity index (χ3n) is 6.26. The molecule has 2 aliphatic rings. The molecular formula is C23H35N3O4. The van der Waals surface area contributed by atoms with Crippen molar-refractivity contribution in [1.82, 2.24) is 14.7 Å². The molecule has 166 valence electrons. The number of allylic oxidation sites excluding steroid dienone is 4. The molecule has 0 amide bonds. The molecule has 0 saturated heterocycles. The Bertz CT molecular complexity index is 717. The zero-order chi connectivity index (χ0) is 22.5. The van der Waals surface area contributed by atoms with E-state index in [9.17, 15) is 19.8 Å². The van der Waals surface area contributed by atoms with E-state index in [1.807, 2.05) is 74.2 Å². The SMILES string of the molecule is CN(CCC1(C(=O)O)C=CC(N(C)C)=CC1)CCC1(C(=O)O)C=CC(N(C)C)=CC1. The lowest BCUT2D eigenvalue weighted by Crippen LogP contribution is -2.38. The lowest BCUT2D eigenvalue weighted by atomic mass is 9.77. The van der Waals surface area contributed by atoms with Gasteiger partial charge in [-0.25, -0.2) is 0 Å². The monoisotopic (exact) mass is 417 g/mol. The number of nitrogens with zero attached hydrogens (tertiary/aromatic N) is 3. The van der Waals surface area contributed by atoms with Gasteiger partial charge in [0, 0.05) is 39.6 Å². The lowest BCUT2D eigenvalue weighted by molar-refractivity contribution is -0.146. The van der Waals surface area contributed by atoms with Crippen molar-refractivity contribution in [2.24, 2.45) is 10.8 Å². The first-order chi connectivity index (χ1) is 14.0. The molecule has 2 aliphatic carbocycles. The Labute approximate surface area is 179 Å². The van der Waals surface area contributed by atoms with Gasteiger partial charge in [0.05, 0.1) is 10.8 Å². The molecule has 2 atom stereocenters. The van der Waals surface area contributed by atoms with Crippen LogP contribution in [0.15, 0.2) is 47.9 Å². The molecule has 7 nitrogen and oxygen atoms in total. The summed E-state index contributed by atoms with van der Waals surface area (Å²) in [6, 6.07) is 0. The average Bonchev–Trinajstić information content (AvgIpc) is 2.70. The Hall–Kier alpha value is -2.54. The summed E-state index contributed by atoms with van der Waals surface area (Å²) in [5, 5.41) is 19.7. The summed E-state index contributed by atoms with van der Waals surface area (Å²) in [7, 11) is 9.67. The third-order valence-corrected chi connectivity index (χ3v) is 6.26. The molecule has 2 N–H and O–H groups in total. The van der Waals surface area contributed by atoms with Gasteiger partial charge >= 0.3 is 11.9 Å². The first-order valence-electron chi connectivity index (χ1n) is 10.3. The molecule has 0 aromatic heterocycles. The average molecular weight is 418 g/mol. The van der Waals surface area contributed by atoms with Gasteiger partial charge in [0.1, 0.15) is 0 Å². The van der Waals surface area contributed by atoms with Crippen LogP contribution in [-0.2, 0) is 9.59 Å². The molecule has 0 bridgehead atoms. The molecule has 0 aliphatic heterocycles. The van der Waals surface area contributed by atoms with Crippen molar-refractivity contribution in [1.29, 1.82) is 0 Å². The van der Waals surface area contributed by atoms with E-state index in [-0.39, 0.29) is 0 Å². The number of likely N-dealkylation sites (N-methyl/N-ethyl adjacent to an activating group) is 2. The predicted molar refractivity (Wildman–Crippen MR) is 118 cm³/mol. The molecule has 0 radical (unpaired) electrons. The van der Waals surface area contributed by atoms with Gasteiger partial charge in [-0.15, -0.1) is 0 Å². The summed E-state index contributed by atoms with van der Waals surface area (Å²) in [5.74, 6) is -1.64. The zero-order valence-electron chi connectivity index (χ0n) is 18.8. The molecule has 0 spiro atoms. The van der Waals surface area contributed by atoms with Crippen LogP contribution in [0.25, 0.3) is 0 Å². The van der Waals surface area contributed by atoms with Gasteiger partial charge in [0.2, 0.25) is 0 Å². The minimum atomic E-state index is -0.910. The third kappa shape index (κ3) is 5.33. The molecule has 0 aromatic carbocycles. The van der Waals surface area contributed by atoms with E-state index in [0.29, 0.717) is 38.8 Å². The Morgan fingerprint density at radius 2 is 1.17 bits per heavy atom. The molecule has 0 aromatic rings. The molecule has 2 unspecified atom stereocenters. The van der Waals surface area contributed by atoms with Crippen molar-refractivity contribution < 1.29 is 19.8 Å². The van der Waals surface area contributed by atoms with Crippen molar-refractivity contribution in [2.75, 3.05) is 48.3 Å². The fraction of sp³-hybridized carbons (Fsp3) is 0.565. The van der Waals surface area contributed by atoms with E-state index in [2.05, 4.69) is 0 Å². The van der Waals surface area contributed by atoms with E-state index >= 15 is 0 Å². The Balaban J connectivity index is 1.96. The molecule has 0 heterocycles. The highest BCUT2D eigenvalue weighted by molar-refractivity contribution is 5.78. The topological polar surface area (TPSA) is 84.3 Å². The first-order valence-corrected chi connectivity index (χ1v) is 10.3. The normalized spacial score (nSPS) is 25.7. The van der Waals surface area contributed by atoms with Gasteiger partial charge in [0.25, 0.3) is 0 Å². The van der Waals surface area contributed by atoms with Crippen LogP contribution < -0.4 is 0 Å². The van der Waals surface area contributed by atoms with Gasteiger partial charge in [-0.2, -0.15) is 0 Å². The number of carbonyl (C=O) groups is 2. The van der Waals surface area contributed by atoms with E-state index in [0.717, 1.165) is 11.4 Å². The van der Waals surface area contributed by atoms with Gasteiger partial charge in [-0.05, 0) is 58.0 Å². The van der Waals surface area contributed by atoms with Crippen LogP contribution in [0.5, 0.6) is 0 Å². The quantitative estimate of drug-likeness (QED) is 0.565. The van der Waals surface area contributed by atoms with E-state index < -0.39 is 22.8 Å². The van der Waals surface area contributed by atoms with Crippen LogP contribution in [0.4, 0.5) is 0 Å². The Kier molecular flexibility index (Phi) is 7.53. The minimum Gasteiger partial charge on any atom is -0.481 e. The molecular weight excluding hydrogens is 382 g/mol. The maximum Gasteiger partial charge on any atom is 0.313 e.